The van der Waals surface area contributed by atoms with Crippen molar-refractivity contribution >= 4 is 23.1 Å². The number of amides is 1. The molecule has 4 nitrogen and oxygen atoms in total. The summed E-state index contributed by atoms with van der Waals surface area (Å²) in [6.07, 6.45) is 1.43. The molecule has 2 rings (SSSR count). The third-order valence-corrected chi connectivity index (χ3v) is 2.96. The van der Waals surface area contributed by atoms with Gasteiger partial charge >= 0.3 is 0 Å². The van der Waals surface area contributed by atoms with Gasteiger partial charge in [0, 0.05) is 11.3 Å². The number of hydrogen-bond donors (Lipinski definition) is 2. The summed E-state index contributed by atoms with van der Waals surface area (Å²) in [5.41, 5.74) is 1.65. The number of benzene rings is 1. The van der Waals surface area contributed by atoms with Crippen LogP contribution in [0.2, 0.25) is 0 Å². The standard InChI is InChI=1S/C15H14N2O2/c1-9-8-12(16)13(10(2)14(9)18)15(19)17-11-6-4-3-5-7-11/h3-8,16H,1-2H3,(H,17,19). The van der Waals surface area contributed by atoms with Crippen LogP contribution in [-0.2, 0) is 9.59 Å². The number of anilines is 1. The Labute approximate surface area is 111 Å². The van der Waals surface area contributed by atoms with Gasteiger partial charge in [-0.2, -0.15) is 0 Å². The van der Waals surface area contributed by atoms with Gasteiger partial charge in [0.2, 0.25) is 0 Å². The zero-order valence-corrected chi connectivity index (χ0v) is 10.8. The highest BCUT2D eigenvalue weighted by atomic mass is 16.2. The largest absolute Gasteiger partial charge is 0.322 e. The molecule has 0 aromatic heterocycles. The van der Waals surface area contributed by atoms with E-state index < -0.39 is 5.91 Å². The summed E-state index contributed by atoms with van der Waals surface area (Å²) in [4.78, 5) is 24.0. The van der Waals surface area contributed by atoms with E-state index in [0.29, 0.717) is 16.8 Å². The Morgan fingerprint density at radius 3 is 2.42 bits per heavy atom. The van der Waals surface area contributed by atoms with E-state index in [1.807, 2.05) is 6.07 Å². The topological polar surface area (TPSA) is 70.0 Å². The summed E-state index contributed by atoms with van der Waals surface area (Å²) < 4.78 is 0. The van der Waals surface area contributed by atoms with Gasteiger partial charge in [-0.3, -0.25) is 9.59 Å². The van der Waals surface area contributed by atoms with Crippen molar-refractivity contribution < 1.29 is 9.59 Å². The van der Waals surface area contributed by atoms with E-state index in [2.05, 4.69) is 5.32 Å². The van der Waals surface area contributed by atoms with Crippen LogP contribution in [0.25, 0.3) is 0 Å². The lowest BCUT2D eigenvalue weighted by Crippen LogP contribution is -2.26. The SMILES string of the molecule is CC1=CC(=N)C(C(=O)Nc2ccccc2)=C(C)C1=O. The second-order valence-electron chi connectivity index (χ2n) is 4.39. The number of para-hydroxylation sites is 1. The van der Waals surface area contributed by atoms with Gasteiger partial charge in [-0.25, -0.2) is 0 Å². The van der Waals surface area contributed by atoms with Crippen LogP contribution in [0, 0.1) is 5.41 Å². The number of allylic oxidation sites excluding steroid dienone is 3. The third kappa shape index (κ3) is 2.52. The molecule has 4 heteroatoms. The molecule has 1 aromatic carbocycles. The first kappa shape index (κ1) is 13.0. The van der Waals surface area contributed by atoms with Crippen LogP contribution in [-0.4, -0.2) is 17.4 Å². The van der Waals surface area contributed by atoms with Crippen molar-refractivity contribution in [2.75, 3.05) is 5.32 Å². The fourth-order valence-electron chi connectivity index (χ4n) is 1.97. The molecule has 96 valence electrons. The average molecular weight is 254 g/mol. The minimum Gasteiger partial charge on any atom is -0.322 e. The number of nitrogens with one attached hydrogen (secondary N) is 2. The Kier molecular flexibility index (Phi) is 3.42. The quantitative estimate of drug-likeness (QED) is 0.796. The van der Waals surface area contributed by atoms with Gasteiger partial charge in [-0.1, -0.05) is 18.2 Å². The monoisotopic (exact) mass is 254 g/mol. The maximum atomic E-state index is 12.1. The van der Waals surface area contributed by atoms with Crippen LogP contribution in [0.15, 0.2) is 53.1 Å². The van der Waals surface area contributed by atoms with Crippen molar-refractivity contribution in [3.8, 4) is 0 Å². The third-order valence-electron chi connectivity index (χ3n) is 2.96. The molecular formula is C15H14N2O2. The molecule has 1 aromatic rings. The Morgan fingerprint density at radius 1 is 1.16 bits per heavy atom. The lowest BCUT2D eigenvalue weighted by Gasteiger charge is -2.16. The highest BCUT2D eigenvalue weighted by Crippen LogP contribution is 2.20. The van der Waals surface area contributed by atoms with Gasteiger partial charge in [-0.15, -0.1) is 0 Å². The van der Waals surface area contributed by atoms with E-state index in [1.54, 1.807) is 38.1 Å². The van der Waals surface area contributed by atoms with Crippen LogP contribution in [0.5, 0.6) is 0 Å². The molecule has 0 spiro atoms. The predicted molar refractivity (Wildman–Crippen MR) is 74.3 cm³/mol. The average Bonchev–Trinajstić information content (AvgIpc) is 2.37. The molecule has 0 saturated heterocycles. The molecule has 0 heterocycles. The van der Waals surface area contributed by atoms with E-state index in [9.17, 15) is 9.59 Å². The van der Waals surface area contributed by atoms with Crippen LogP contribution in [0.4, 0.5) is 5.69 Å². The van der Waals surface area contributed by atoms with Crippen molar-refractivity contribution in [1.29, 1.82) is 5.41 Å². The molecule has 0 radical (unpaired) electrons. The first-order valence-corrected chi connectivity index (χ1v) is 5.90. The van der Waals surface area contributed by atoms with E-state index in [4.69, 9.17) is 5.41 Å². The zero-order chi connectivity index (χ0) is 14.0. The highest BCUT2D eigenvalue weighted by Gasteiger charge is 2.25. The van der Waals surface area contributed by atoms with Gasteiger partial charge < -0.3 is 10.7 Å². The molecular weight excluding hydrogens is 240 g/mol. The van der Waals surface area contributed by atoms with Gasteiger partial charge in [0.05, 0.1) is 11.3 Å². The molecule has 0 aliphatic heterocycles. The van der Waals surface area contributed by atoms with Crippen LogP contribution < -0.4 is 5.32 Å². The van der Waals surface area contributed by atoms with Gasteiger partial charge in [-0.05, 0) is 37.6 Å². The Hall–Kier alpha value is -2.49. The smallest absolute Gasteiger partial charge is 0.258 e. The van der Waals surface area contributed by atoms with Crippen molar-refractivity contribution in [3.63, 3.8) is 0 Å². The number of hydrogen-bond acceptors (Lipinski definition) is 3. The summed E-state index contributed by atoms with van der Waals surface area (Å²) in [5, 5.41) is 10.5. The maximum absolute atomic E-state index is 12.1. The van der Waals surface area contributed by atoms with Crippen molar-refractivity contribution in [2.24, 2.45) is 0 Å². The van der Waals surface area contributed by atoms with Gasteiger partial charge in [0.15, 0.2) is 5.78 Å². The van der Waals surface area contributed by atoms with Gasteiger partial charge in [0.1, 0.15) is 0 Å². The van der Waals surface area contributed by atoms with E-state index in [0.717, 1.165) is 0 Å². The number of rotatable bonds is 2. The Balaban J connectivity index is 2.29. The summed E-state index contributed by atoms with van der Waals surface area (Å²) in [6.45, 7) is 3.22. The molecule has 2 N–H and O–H groups in total. The van der Waals surface area contributed by atoms with Gasteiger partial charge in [0.25, 0.3) is 5.91 Å². The maximum Gasteiger partial charge on any atom is 0.258 e. The predicted octanol–water partition coefficient (Wildman–Crippen LogP) is 2.49. The molecule has 1 amide bonds. The zero-order valence-electron chi connectivity index (χ0n) is 10.8. The molecule has 0 bridgehead atoms. The van der Waals surface area contributed by atoms with Crippen LogP contribution in [0.1, 0.15) is 13.8 Å². The molecule has 1 aliphatic carbocycles. The van der Waals surface area contributed by atoms with Crippen molar-refractivity contribution in [3.05, 3.63) is 53.1 Å². The van der Waals surface area contributed by atoms with Crippen molar-refractivity contribution in [1.82, 2.24) is 0 Å². The number of carbonyl (C=O) groups is 2. The van der Waals surface area contributed by atoms with E-state index in [-0.39, 0.29) is 17.1 Å². The molecule has 19 heavy (non-hydrogen) atoms. The van der Waals surface area contributed by atoms with E-state index >= 15 is 0 Å². The Morgan fingerprint density at radius 2 is 1.79 bits per heavy atom. The first-order chi connectivity index (χ1) is 9.00. The normalized spacial score (nSPS) is 15.4. The second-order valence-corrected chi connectivity index (χ2v) is 4.39. The minimum atomic E-state index is -0.425. The summed E-state index contributed by atoms with van der Waals surface area (Å²) in [6, 6.07) is 8.96. The van der Waals surface area contributed by atoms with Crippen molar-refractivity contribution in [2.45, 2.75) is 13.8 Å². The molecule has 0 saturated carbocycles. The minimum absolute atomic E-state index is 0.0723. The summed E-state index contributed by atoms with van der Waals surface area (Å²) >= 11 is 0. The second kappa shape index (κ2) is 5.02. The van der Waals surface area contributed by atoms with Crippen LogP contribution in [0.3, 0.4) is 0 Å². The van der Waals surface area contributed by atoms with E-state index in [1.165, 1.54) is 6.08 Å². The molecule has 0 fully saturated rings. The molecule has 1 aliphatic rings. The number of carbonyl (C=O) groups excluding carboxylic acids is 2. The lowest BCUT2D eigenvalue weighted by molar-refractivity contribution is -0.114. The summed E-state index contributed by atoms with van der Waals surface area (Å²) in [7, 11) is 0. The fourth-order valence-corrected chi connectivity index (χ4v) is 1.97. The highest BCUT2D eigenvalue weighted by molar-refractivity contribution is 6.35. The number of Topliss-reactive ketones (excluding diaryl/α,β-unsaturated/α-hetero) is 1. The molecule has 0 atom stereocenters. The summed E-state index contributed by atoms with van der Waals surface area (Å²) in [5.74, 6) is -0.611. The van der Waals surface area contributed by atoms with Crippen LogP contribution >= 0.6 is 0 Å². The Bertz CT molecular complexity index is 625. The lowest BCUT2D eigenvalue weighted by atomic mass is 9.90. The fraction of sp³-hybridized carbons (Fsp3) is 0.133. The molecule has 0 unspecified atom stereocenters. The number of ketones is 1. The first-order valence-electron chi connectivity index (χ1n) is 5.90.